The monoisotopic (exact) mass is 321 g/mol. The molecule has 0 unspecified atom stereocenters. The summed E-state index contributed by atoms with van der Waals surface area (Å²) in [5.74, 6) is 0.516. The molecule has 0 aromatic carbocycles. The molecule has 126 valence electrons. The Bertz CT molecular complexity index is 568. The number of hydroxylamine groups is 2. The third-order valence-electron chi connectivity index (χ3n) is 3.88. The van der Waals surface area contributed by atoms with E-state index in [1.165, 1.54) is 16.8 Å². The van der Waals surface area contributed by atoms with Gasteiger partial charge in [0.15, 0.2) is 5.82 Å². The van der Waals surface area contributed by atoms with Gasteiger partial charge < -0.3 is 0 Å². The lowest BCUT2D eigenvalue weighted by atomic mass is 9.99. The van der Waals surface area contributed by atoms with Gasteiger partial charge in [0.25, 0.3) is 0 Å². The van der Waals surface area contributed by atoms with Gasteiger partial charge in [-0.15, -0.1) is 10.2 Å². The predicted octanol–water partition coefficient (Wildman–Crippen LogP) is 0.138. The van der Waals surface area contributed by atoms with E-state index in [0.717, 1.165) is 12.8 Å². The van der Waals surface area contributed by atoms with Gasteiger partial charge in [-0.1, -0.05) is 0 Å². The van der Waals surface area contributed by atoms with Crippen molar-refractivity contribution < 1.29 is 9.63 Å². The number of rotatable bonds is 6. The van der Waals surface area contributed by atoms with Crippen LogP contribution >= 0.6 is 0 Å². The minimum Gasteiger partial charge on any atom is -0.289 e. The van der Waals surface area contributed by atoms with E-state index in [-0.39, 0.29) is 18.0 Å². The molecule has 0 bridgehead atoms. The van der Waals surface area contributed by atoms with Crippen molar-refractivity contribution in [3.8, 4) is 6.07 Å². The summed E-state index contributed by atoms with van der Waals surface area (Å²) in [6, 6.07) is 2.17. The Hall–Kier alpha value is -2.05. The van der Waals surface area contributed by atoms with Crippen molar-refractivity contribution in [2.75, 3.05) is 20.2 Å². The maximum absolute atomic E-state index is 11.8. The van der Waals surface area contributed by atoms with Crippen LogP contribution in [0.1, 0.15) is 32.0 Å². The van der Waals surface area contributed by atoms with Crippen LogP contribution in [0.4, 0.5) is 0 Å². The van der Waals surface area contributed by atoms with Gasteiger partial charge in [0.05, 0.1) is 31.3 Å². The van der Waals surface area contributed by atoms with E-state index < -0.39 is 0 Å². The fraction of sp³-hybridized carbons (Fsp3) is 0.786. The average molecular weight is 321 g/mol. The fourth-order valence-corrected chi connectivity index (χ4v) is 2.72. The molecule has 1 aromatic rings. The van der Waals surface area contributed by atoms with E-state index in [0.29, 0.717) is 31.9 Å². The molecule has 0 radical (unpaired) electrons. The zero-order valence-electron chi connectivity index (χ0n) is 13.8. The van der Waals surface area contributed by atoms with Crippen molar-refractivity contribution in [1.82, 2.24) is 30.2 Å². The number of carbonyl (C=O) groups is 1. The van der Waals surface area contributed by atoms with Crippen LogP contribution in [0.15, 0.2) is 0 Å². The van der Waals surface area contributed by atoms with Gasteiger partial charge >= 0.3 is 0 Å². The lowest BCUT2D eigenvalue weighted by Gasteiger charge is -2.38. The van der Waals surface area contributed by atoms with Gasteiger partial charge in [-0.2, -0.15) is 10.1 Å². The van der Waals surface area contributed by atoms with Crippen LogP contribution in [-0.4, -0.2) is 68.4 Å². The van der Waals surface area contributed by atoms with Crippen LogP contribution in [0.25, 0.3) is 0 Å². The van der Waals surface area contributed by atoms with E-state index in [2.05, 4.69) is 21.5 Å². The summed E-state index contributed by atoms with van der Waals surface area (Å²) in [5.41, 5.74) is 0. The number of hydrogen-bond donors (Lipinski definition) is 0. The number of tetrazole rings is 1. The molecule has 0 aliphatic carbocycles. The average Bonchev–Trinajstić information content (AvgIpc) is 2.92. The van der Waals surface area contributed by atoms with E-state index in [4.69, 9.17) is 10.1 Å². The number of piperidine rings is 1. The first-order valence-electron chi connectivity index (χ1n) is 7.78. The van der Waals surface area contributed by atoms with E-state index >= 15 is 0 Å². The van der Waals surface area contributed by atoms with Crippen molar-refractivity contribution in [2.45, 2.75) is 51.7 Å². The topological polar surface area (TPSA) is 100 Å². The Morgan fingerprint density at radius 2 is 2.30 bits per heavy atom. The summed E-state index contributed by atoms with van der Waals surface area (Å²) in [6.07, 6.45) is 2.20. The van der Waals surface area contributed by atoms with E-state index in [1.54, 1.807) is 6.92 Å². The van der Waals surface area contributed by atoms with Gasteiger partial charge in [0.1, 0.15) is 0 Å². The molecule has 2 atom stereocenters. The smallest absolute Gasteiger partial charge is 0.243 e. The van der Waals surface area contributed by atoms with E-state index in [1.807, 2.05) is 11.9 Å². The van der Waals surface area contributed by atoms with Gasteiger partial charge in [-0.05, 0) is 38.4 Å². The molecule has 1 saturated heterocycles. The molecule has 1 amide bonds. The molecule has 1 fully saturated rings. The zero-order chi connectivity index (χ0) is 16.8. The first kappa shape index (κ1) is 17.3. The van der Waals surface area contributed by atoms with Gasteiger partial charge in [0, 0.05) is 13.5 Å². The van der Waals surface area contributed by atoms with Crippen molar-refractivity contribution >= 4 is 5.91 Å². The first-order chi connectivity index (χ1) is 11.0. The van der Waals surface area contributed by atoms with Crippen LogP contribution in [0.5, 0.6) is 0 Å². The molecule has 9 heteroatoms. The zero-order valence-corrected chi connectivity index (χ0v) is 13.8. The second kappa shape index (κ2) is 7.99. The Labute approximate surface area is 135 Å². The van der Waals surface area contributed by atoms with Gasteiger partial charge in [-0.25, -0.2) is 5.06 Å². The second-order valence-corrected chi connectivity index (χ2v) is 5.78. The molecule has 2 rings (SSSR count). The molecule has 23 heavy (non-hydrogen) atoms. The van der Waals surface area contributed by atoms with E-state index in [9.17, 15) is 4.79 Å². The van der Waals surface area contributed by atoms with Crippen molar-refractivity contribution in [2.24, 2.45) is 0 Å². The highest BCUT2D eigenvalue weighted by Gasteiger charge is 2.31. The molecule has 1 aromatic heterocycles. The van der Waals surface area contributed by atoms with Crippen LogP contribution in [0.3, 0.4) is 0 Å². The summed E-state index contributed by atoms with van der Waals surface area (Å²) in [6.45, 7) is 4.92. The molecule has 9 nitrogen and oxygen atoms in total. The van der Waals surface area contributed by atoms with Crippen molar-refractivity contribution in [1.29, 1.82) is 5.26 Å². The molecule has 0 saturated carbocycles. The highest BCUT2D eigenvalue weighted by Crippen LogP contribution is 2.20. The number of amides is 1. The minimum absolute atomic E-state index is 0.0196. The largest absolute Gasteiger partial charge is 0.289 e. The molecular formula is C14H23N7O2. The standard InChI is InChI=1S/C14H23N7O2/c1-11-16-18-20(17-11)7-4-8-23-21(12(2)22)14-6-5-13(9-15)19(3)10-14/h13-14H,4-8,10H2,1-3H3/t13-,14+/m0/s1. The third kappa shape index (κ3) is 4.71. The number of carbonyl (C=O) groups excluding carboxylic acids is 1. The normalized spacial score (nSPS) is 21.8. The van der Waals surface area contributed by atoms with Crippen LogP contribution in [0, 0.1) is 18.3 Å². The quantitative estimate of drug-likeness (QED) is 0.542. The predicted molar refractivity (Wildman–Crippen MR) is 80.7 cm³/mol. The highest BCUT2D eigenvalue weighted by molar-refractivity contribution is 5.72. The summed E-state index contributed by atoms with van der Waals surface area (Å²) < 4.78 is 0. The molecule has 1 aliphatic heterocycles. The molecule has 0 spiro atoms. The highest BCUT2D eigenvalue weighted by atomic mass is 16.7. The Morgan fingerprint density at radius 3 is 2.87 bits per heavy atom. The maximum Gasteiger partial charge on any atom is 0.243 e. The lowest BCUT2D eigenvalue weighted by molar-refractivity contribution is -0.204. The first-order valence-corrected chi connectivity index (χ1v) is 7.78. The fourth-order valence-electron chi connectivity index (χ4n) is 2.72. The number of hydrogen-bond acceptors (Lipinski definition) is 7. The maximum atomic E-state index is 11.8. The van der Waals surface area contributed by atoms with Crippen LogP contribution in [-0.2, 0) is 16.2 Å². The summed E-state index contributed by atoms with van der Waals surface area (Å²) >= 11 is 0. The Kier molecular flexibility index (Phi) is 6.01. The summed E-state index contributed by atoms with van der Waals surface area (Å²) in [5, 5.41) is 22.3. The molecular weight excluding hydrogens is 298 g/mol. The SMILES string of the molecule is CC(=O)N(OCCCn1nnc(C)n1)[C@@H]1CC[C@@H](C#N)N(C)C1. The number of nitrogens with zero attached hydrogens (tertiary/aromatic N) is 7. The van der Waals surface area contributed by atoms with Crippen LogP contribution in [0.2, 0.25) is 0 Å². The second-order valence-electron chi connectivity index (χ2n) is 5.78. The number of likely N-dealkylation sites (N-methyl/N-ethyl adjacent to an activating group) is 1. The van der Waals surface area contributed by atoms with Gasteiger partial charge in [-0.3, -0.25) is 14.5 Å². The molecule has 2 heterocycles. The Balaban J connectivity index is 1.80. The number of nitriles is 1. The van der Waals surface area contributed by atoms with Crippen molar-refractivity contribution in [3.63, 3.8) is 0 Å². The molecule has 0 N–H and O–H groups in total. The summed E-state index contributed by atoms with van der Waals surface area (Å²) in [4.78, 5) is 21.0. The van der Waals surface area contributed by atoms with Crippen LogP contribution < -0.4 is 0 Å². The summed E-state index contributed by atoms with van der Waals surface area (Å²) in [7, 11) is 1.90. The third-order valence-corrected chi connectivity index (χ3v) is 3.88. The van der Waals surface area contributed by atoms with Gasteiger partial charge in [0.2, 0.25) is 5.91 Å². The number of likely N-dealkylation sites (tertiary alicyclic amines) is 1. The van der Waals surface area contributed by atoms with Crippen molar-refractivity contribution in [3.05, 3.63) is 5.82 Å². The Morgan fingerprint density at radius 1 is 1.52 bits per heavy atom. The number of aromatic nitrogens is 4. The number of aryl methyl sites for hydroxylation is 2. The minimum atomic E-state index is -0.117. The lowest BCUT2D eigenvalue weighted by Crippen LogP contribution is -2.51. The molecule has 1 aliphatic rings.